The molecule has 4 aromatic heterocycles. The number of nitrogens with one attached hydrogen (secondary N) is 1. The molecule has 0 bridgehead atoms. The van der Waals surface area contributed by atoms with Crippen LogP contribution in [0.5, 0.6) is 0 Å². The minimum Gasteiger partial charge on any atom is -0.354 e. The molecule has 0 spiro atoms. The SMILES string of the molecule is Cc1c(-c2[nH]c3ccc(C4CCN(Cc5ncn(C)n5)CC4)cc3c2C(C)C)ccc2nncn12. The molecule has 180 valence electrons. The third-order valence-corrected chi connectivity index (χ3v) is 7.50. The molecule has 0 aliphatic carbocycles. The van der Waals surface area contributed by atoms with E-state index in [1.54, 1.807) is 17.3 Å². The summed E-state index contributed by atoms with van der Waals surface area (Å²) in [5, 5.41) is 14.1. The largest absolute Gasteiger partial charge is 0.354 e. The molecule has 0 saturated carbocycles. The number of aromatic amines is 1. The Kier molecular flexibility index (Phi) is 5.40. The van der Waals surface area contributed by atoms with E-state index in [2.05, 4.69) is 79.6 Å². The highest BCUT2D eigenvalue weighted by Crippen LogP contribution is 2.39. The molecule has 8 heteroatoms. The number of nitrogens with zero attached hydrogens (tertiary/aromatic N) is 7. The van der Waals surface area contributed by atoms with Crippen molar-refractivity contribution in [1.29, 1.82) is 0 Å². The summed E-state index contributed by atoms with van der Waals surface area (Å²) in [5.41, 5.74) is 8.47. The monoisotopic (exact) mass is 468 g/mol. The van der Waals surface area contributed by atoms with Gasteiger partial charge in [0.1, 0.15) is 12.7 Å². The smallest absolute Gasteiger partial charge is 0.164 e. The van der Waals surface area contributed by atoms with E-state index in [1.807, 2.05) is 13.1 Å². The van der Waals surface area contributed by atoms with Gasteiger partial charge in [0.05, 0.1) is 12.2 Å². The van der Waals surface area contributed by atoms with Crippen LogP contribution in [0.1, 0.15) is 61.2 Å². The summed E-state index contributed by atoms with van der Waals surface area (Å²) >= 11 is 0. The lowest BCUT2D eigenvalue weighted by Gasteiger charge is -2.31. The van der Waals surface area contributed by atoms with Crippen molar-refractivity contribution >= 4 is 16.6 Å². The Hall–Kier alpha value is -3.52. The number of hydrogen-bond donors (Lipinski definition) is 1. The van der Waals surface area contributed by atoms with Crippen LogP contribution in [0.25, 0.3) is 27.8 Å². The minimum absolute atomic E-state index is 0.401. The topological polar surface area (TPSA) is 79.9 Å². The molecule has 1 aliphatic rings. The Balaban J connectivity index is 1.30. The second-order valence-corrected chi connectivity index (χ2v) is 10.1. The number of hydrogen-bond acceptors (Lipinski definition) is 5. The third kappa shape index (κ3) is 3.91. The molecular formula is C27H32N8. The van der Waals surface area contributed by atoms with Gasteiger partial charge in [0.25, 0.3) is 0 Å². The fourth-order valence-corrected chi connectivity index (χ4v) is 5.67. The van der Waals surface area contributed by atoms with Gasteiger partial charge in [-0.25, -0.2) is 4.98 Å². The lowest BCUT2D eigenvalue weighted by Crippen LogP contribution is -2.32. The highest BCUT2D eigenvalue weighted by atomic mass is 15.3. The van der Waals surface area contributed by atoms with Crippen molar-refractivity contribution < 1.29 is 0 Å². The van der Waals surface area contributed by atoms with E-state index in [1.165, 1.54) is 33.3 Å². The lowest BCUT2D eigenvalue weighted by molar-refractivity contribution is 0.200. The van der Waals surface area contributed by atoms with Crippen LogP contribution in [-0.2, 0) is 13.6 Å². The van der Waals surface area contributed by atoms with Crippen LogP contribution < -0.4 is 0 Å². The first-order valence-corrected chi connectivity index (χ1v) is 12.5. The molecule has 1 aliphatic heterocycles. The Morgan fingerprint density at radius 2 is 1.91 bits per heavy atom. The number of fused-ring (bicyclic) bond motifs is 2. The van der Waals surface area contributed by atoms with Gasteiger partial charge in [-0.3, -0.25) is 14.0 Å². The standard InChI is InChI=1S/C27H32N8/c1-17(2)26-22-13-20(19-9-11-34(12-10-19)14-24-28-15-33(4)32-24)5-7-23(22)30-27(26)21-6-8-25-31-29-16-35(25)18(21)3/h5-8,13,15-17,19,30H,9-12,14H2,1-4H3. The maximum atomic E-state index is 4.44. The molecule has 1 N–H and O–H groups in total. The van der Waals surface area contributed by atoms with Crippen molar-refractivity contribution in [2.75, 3.05) is 13.1 Å². The van der Waals surface area contributed by atoms with Crippen molar-refractivity contribution in [3.05, 3.63) is 65.6 Å². The van der Waals surface area contributed by atoms with Crippen LogP contribution >= 0.6 is 0 Å². The molecule has 35 heavy (non-hydrogen) atoms. The van der Waals surface area contributed by atoms with Gasteiger partial charge in [-0.05, 0) is 80.1 Å². The van der Waals surface area contributed by atoms with Gasteiger partial charge in [-0.2, -0.15) is 5.10 Å². The van der Waals surface area contributed by atoms with Crippen LogP contribution in [0.3, 0.4) is 0 Å². The van der Waals surface area contributed by atoms with E-state index in [0.717, 1.165) is 49.6 Å². The zero-order valence-corrected chi connectivity index (χ0v) is 20.9. The molecule has 8 nitrogen and oxygen atoms in total. The predicted octanol–water partition coefficient (Wildman–Crippen LogP) is 4.82. The summed E-state index contributed by atoms with van der Waals surface area (Å²) in [7, 11) is 1.92. The second-order valence-electron chi connectivity index (χ2n) is 10.1. The molecule has 5 aromatic rings. The van der Waals surface area contributed by atoms with Gasteiger partial charge in [0.15, 0.2) is 11.5 Å². The van der Waals surface area contributed by atoms with E-state index in [9.17, 15) is 0 Å². The fourth-order valence-electron chi connectivity index (χ4n) is 5.67. The molecule has 1 fully saturated rings. The highest BCUT2D eigenvalue weighted by Gasteiger charge is 2.24. The number of likely N-dealkylation sites (tertiary alicyclic amines) is 1. The first-order chi connectivity index (χ1) is 17.0. The normalized spacial score (nSPS) is 15.7. The summed E-state index contributed by atoms with van der Waals surface area (Å²) in [6, 6.07) is 11.3. The van der Waals surface area contributed by atoms with Crippen molar-refractivity contribution in [2.45, 2.75) is 52.0 Å². The van der Waals surface area contributed by atoms with Gasteiger partial charge in [-0.15, -0.1) is 10.2 Å². The summed E-state index contributed by atoms with van der Waals surface area (Å²) in [5.74, 6) is 1.90. The van der Waals surface area contributed by atoms with Crippen LogP contribution in [-0.4, -0.2) is 52.3 Å². The molecule has 0 unspecified atom stereocenters. The average Bonchev–Trinajstić information content (AvgIpc) is 3.57. The quantitative estimate of drug-likeness (QED) is 0.400. The first-order valence-electron chi connectivity index (χ1n) is 12.5. The lowest BCUT2D eigenvalue weighted by atomic mass is 9.87. The van der Waals surface area contributed by atoms with Crippen molar-refractivity contribution in [2.24, 2.45) is 7.05 Å². The molecule has 0 amide bonds. The van der Waals surface area contributed by atoms with E-state index in [4.69, 9.17) is 0 Å². The van der Waals surface area contributed by atoms with E-state index >= 15 is 0 Å². The number of H-pyrrole nitrogens is 1. The van der Waals surface area contributed by atoms with Gasteiger partial charge >= 0.3 is 0 Å². The van der Waals surface area contributed by atoms with Gasteiger partial charge in [0, 0.05) is 29.2 Å². The molecule has 5 heterocycles. The number of benzene rings is 1. The zero-order chi connectivity index (χ0) is 24.1. The minimum atomic E-state index is 0.401. The third-order valence-electron chi connectivity index (χ3n) is 7.50. The van der Waals surface area contributed by atoms with E-state index in [0.29, 0.717) is 11.8 Å². The summed E-state index contributed by atoms with van der Waals surface area (Å²) in [6.07, 6.45) is 5.90. The van der Waals surface area contributed by atoms with Crippen LogP contribution in [0.15, 0.2) is 43.0 Å². The number of piperidine rings is 1. The number of aromatic nitrogens is 7. The zero-order valence-electron chi connectivity index (χ0n) is 20.9. The Labute approximate surface area is 205 Å². The molecule has 1 aromatic carbocycles. The van der Waals surface area contributed by atoms with Crippen LogP contribution in [0, 0.1) is 6.92 Å². The average molecular weight is 469 g/mol. The summed E-state index contributed by atoms with van der Waals surface area (Å²) in [4.78, 5) is 10.6. The maximum Gasteiger partial charge on any atom is 0.164 e. The number of pyridine rings is 1. The molecule has 0 radical (unpaired) electrons. The Bertz CT molecular complexity index is 1500. The van der Waals surface area contributed by atoms with Gasteiger partial charge in [-0.1, -0.05) is 19.9 Å². The summed E-state index contributed by atoms with van der Waals surface area (Å²) in [6.45, 7) is 9.70. The Morgan fingerprint density at radius 3 is 2.66 bits per heavy atom. The van der Waals surface area contributed by atoms with Crippen molar-refractivity contribution in [3.8, 4) is 11.3 Å². The van der Waals surface area contributed by atoms with Crippen LogP contribution in [0.2, 0.25) is 0 Å². The van der Waals surface area contributed by atoms with E-state index < -0.39 is 0 Å². The fraction of sp³-hybridized carbons (Fsp3) is 0.407. The second kappa shape index (κ2) is 8.61. The van der Waals surface area contributed by atoms with Gasteiger partial charge in [0.2, 0.25) is 0 Å². The molecule has 1 saturated heterocycles. The molecule has 6 rings (SSSR count). The van der Waals surface area contributed by atoms with Crippen LogP contribution in [0.4, 0.5) is 0 Å². The predicted molar refractivity (Wildman–Crippen MR) is 137 cm³/mol. The Morgan fingerprint density at radius 1 is 1.09 bits per heavy atom. The first kappa shape index (κ1) is 22.0. The molecular weight excluding hydrogens is 436 g/mol. The van der Waals surface area contributed by atoms with Crippen molar-refractivity contribution in [3.63, 3.8) is 0 Å². The summed E-state index contributed by atoms with van der Waals surface area (Å²) < 4.78 is 3.84. The number of rotatable bonds is 5. The van der Waals surface area contributed by atoms with E-state index in [-0.39, 0.29) is 0 Å². The highest BCUT2D eigenvalue weighted by molar-refractivity contribution is 5.92. The van der Waals surface area contributed by atoms with Gasteiger partial charge < -0.3 is 4.98 Å². The maximum absolute atomic E-state index is 4.44. The number of aryl methyl sites for hydroxylation is 2. The molecule has 0 atom stereocenters. The van der Waals surface area contributed by atoms with Crippen molar-refractivity contribution in [1.82, 2.24) is 39.2 Å².